The SMILES string of the molecule is CCN1CCCC1CCOc1cc(CNc2ncccc2C(=O)Nc2ccc(C(C)(C)C)cc2)ccn1. The highest BCUT2D eigenvalue weighted by molar-refractivity contribution is 6.07. The Morgan fingerprint density at radius 3 is 2.68 bits per heavy atom. The van der Waals surface area contributed by atoms with Crippen LogP contribution in [0.4, 0.5) is 11.5 Å². The van der Waals surface area contributed by atoms with E-state index in [4.69, 9.17) is 4.74 Å². The molecule has 0 aliphatic carbocycles. The smallest absolute Gasteiger partial charge is 0.259 e. The molecule has 37 heavy (non-hydrogen) atoms. The van der Waals surface area contributed by atoms with Gasteiger partial charge < -0.3 is 20.3 Å². The molecule has 1 saturated heterocycles. The molecule has 3 heterocycles. The topological polar surface area (TPSA) is 79.4 Å². The minimum Gasteiger partial charge on any atom is -0.478 e. The van der Waals surface area contributed by atoms with Crippen molar-refractivity contribution in [2.45, 2.75) is 65.0 Å². The molecule has 4 rings (SSSR count). The summed E-state index contributed by atoms with van der Waals surface area (Å²) in [7, 11) is 0. The van der Waals surface area contributed by atoms with Crippen LogP contribution in [-0.4, -0.2) is 46.5 Å². The quantitative estimate of drug-likeness (QED) is 0.361. The maximum atomic E-state index is 13.0. The predicted molar refractivity (Wildman–Crippen MR) is 149 cm³/mol. The second kappa shape index (κ2) is 12.2. The number of amides is 1. The maximum Gasteiger partial charge on any atom is 0.259 e. The van der Waals surface area contributed by atoms with Gasteiger partial charge in [0.1, 0.15) is 5.82 Å². The van der Waals surface area contributed by atoms with E-state index in [1.54, 1.807) is 24.5 Å². The van der Waals surface area contributed by atoms with Crippen molar-refractivity contribution in [3.8, 4) is 5.88 Å². The summed E-state index contributed by atoms with van der Waals surface area (Å²) in [5.74, 6) is 0.954. The average molecular weight is 502 g/mol. The largest absolute Gasteiger partial charge is 0.478 e. The Hall–Kier alpha value is -3.45. The van der Waals surface area contributed by atoms with E-state index in [1.807, 2.05) is 24.3 Å². The fourth-order valence-electron chi connectivity index (χ4n) is 4.74. The fourth-order valence-corrected chi connectivity index (χ4v) is 4.74. The number of carbonyl (C=O) groups excluding carboxylic acids is 1. The number of benzene rings is 1. The predicted octanol–water partition coefficient (Wildman–Crippen LogP) is 5.89. The molecule has 7 nitrogen and oxygen atoms in total. The van der Waals surface area contributed by atoms with Crippen molar-refractivity contribution in [3.05, 3.63) is 77.6 Å². The molecule has 3 aromatic rings. The summed E-state index contributed by atoms with van der Waals surface area (Å²) in [6.07, 6.45) is 6.98. The van der Waals surface area contributed by atoms with Crippen LogP contribution < -0.4 is 15.4 Å². The lowest BCUT2D eigenvalue weighted by Gasteiger charge is -2.22. The average Bonchev–Trinajstić information content (AvgIpc) is 3.35. The zero-order valence-corrected chi connectivity index (χ0v) is 22.5. The van der Waals surface area contributed by atoms with Gasteiger partial charge in [0.25, 0.3) is 5.91 Å². The summed E-state index contributed by atoms with van der Waals surface area (Å²) in [6, 6.07) is 16.0. The Morgan fingerprint density at radius 1 is 1.11 bits per heavy atom. The van der Waals surface area contributed by atoms with Gasteiger partial charge in [0, 0.05) is 36.7 Å². The minimum atomic E-state index is -0.203. The summed E-state index contributed by atoms with van der Waals surface area (Å²) >= 11 is 0. The van der Waals surface area contributed by atoms with Crippen LogP contribution in [0.15, 0.2) is 60.9 Å². The van der Waals surface area contributed by atoms with Gasteiger partial charge in [-0.1, -0.05) is 39.8 Å². The first kappa shape index (κ1) is 26.6. The van der Waals surface area contributed by atoms with Gasteiger partial charge in [0.05, 0.1) is 12.2 Å². The highest BCUT2D eigenvalue weighted by Gasteiger charge is 2.22. The number of carbonyl (C=O) groups is 1. The molecule has 196 valence electrons. The van der Waals surface area contributed by atoms with Crippen molar-refractivity contribution in [2.24, 2.45) is 0 Å². The highest BCUT2D eigenvalue weighted by atomic mass is 16.5. The van der Waals surface area contributed by atoms with Crippen LogP contribution in [0.2, 0.25) is 0 Å². The molecule has 1 atom stereocenters. The Kier molecular flexibility index (Phi) is 8.77. The fraction of sp³-hybridized carbons (Fsp3) is 0.433. The van der Waals surface area contributed by atoms with Gasteiger partial charge in [-0.25, -0.2) is 9.97 Å². The van der Waals surface area contributed by atoms with Gasteiger partial charge in [-0.2, -0.15) is 0 Å². The third-order valence-electron chi connectivity index (χ3n) is 6.93. The molecule has 0 radical (unpaired) electrons. The van der Waals surface area contributed by atoms with Crippen molar-refractivity contribution in [1.29, 1.82) is 0 Å². The minimum absolute atomic E-state index is 0.0626. The first-order valence-electron chi connectivity index (χ1n) is 13.3. The molecule has 1 aliphatic rings. The summed E-state index contributed by atoms with van der Waals surface area (Å²) in [6.45, 7) is 12.2. The van der Waals surface area contributed by atoms with Crippen LogP contribution in [0.5, 0.6) is 5.88 Å². The van der Waals surface area contributed by atoms with Crippen molar-refractivity contribution >= 4 is 17.4 Å². The van der Waals surface area contributed by atoms with Gasteiger partial charge in [-0.15, -0.1) is 0 Å². The molecular weight excluding hydrogens is 462 g/mol. The van der Waals surface area contributed by atoms with Gasteiger partial charge >= 0.3 is 0 Å². The molecule has 1 aliphatic heterocycles. The van der Waals surface area contributed by atoms with Crippen molar-refractivity contribution < 1.29 is 9.53 Å². The van der Waals surface area contributed by atoms with Gasteiger partial charge in [-0.3, -0.25) is 4.79 Å². The van der Waals surface area contributed by atoms with Gasteiger partial charge in [0.2, 0.25) is 5.88 Å². The number of hydrogen-bond donors (Lipinski definition) is 2. The van der Waals surface area contributed by atoms with Gasteiger partial charge in [-0.05, 0) is 79.2 Å². The zero-order valence-electron chi connectivity index (χ0n) is 22.5. The molecule has 7 heteroatoms. The summed E-state index contributed by atoms with van der Waals surface area (Å²) in [4.78, 5) is 24.3. The second-order valence-electron chi connectivity index (χ2n) is 10.6. The van der Waals surface area contributed by atoms with Crippen LogP contribution in [0.25, 0.3) is 0 Å². The summed E-state index contributed by atoms with van der Waals surface area (Å²) < 4.78 is 5.97. The van der Waals surface area contributed by atoms with E-state index in [0.29, 0.717) is 36.5 Å². The lowest BCUT2D eigenvalue weighted by Crippen LogP contribution is -2.30. The molecule has 1 amide bonds. The lowest BCUT2D eigenvalue weighted by atomic mass is 9.87. The number of anilines is 2. The number of pyridine rings is 2. The molecule has 0 spiro atoms. The van der Waals surface area contributed by atoms with E-state index in [0.717, 1.165) is 24.2 Å². The summed E-state index contributed by atoms with van der Waals surface area (Å²) in [5, 5.41) is 6.29. The number of likely N-dealkylation sites (tertiary alicyclic amines) is 1. The third kappa shape index (κ3) is 7.29. The van der Waals surface area contributed by atoms with Crippen LogP contribution in [-0.2, 0) is 12.0 Å². The third-order valence-corrected chi connectivity index (χ3v) is 6.93. The van der Waals surface area contributed by atoms with E-state index >= 15 is 0 Å². The Morgan fingerprint density at radius 2 is 1.92 bits per heavy atom. The van der Waals surface area contributed by atoms with Crippen molar-refractivity contribution in [1.82, 2.24) is 14.9 Å². The second-order valence-corrected chi connectivity index (χ2v) is 10.6. The Labute approximate surface area is 220 Å². The molecule has 0 bridgehead atoms. The molecule has 1 aromatic carbocycles. The van der Waals surface area contributed by atoms with E-state index < -0.39 is 0 Å². The number of rotatable bonds is 10. The monoisotopic (exact) mass is 501 g/mol. The van der Waals surface area contributed by atoms with Crippen molar-refractivity contribution in [3.63, 3.8) is 0 Å². The van der Waals surface area contributed by atoms with E-state index in [9.17, 15) is 4.79 Å². The Balaban J connectivity index is 1.33. The van der Waals surface area contributed by atoms with Gasteiger partial charge in [0.15, 0.2) is 0 Å². The standard InChI is InChI=1S/C30H39N5O2/c1-5-35-18-7-8-25(35)15-19-37-27-20-22(14-17-31-27)21-33-28-26(9-6-16-32-28)29(36)34-24-12-10-23(11-13-24)30(2,3)4/h6,9-14,16-17,20,25H,5,7-8,15,18-19,21H2,1-4H3,(H,32,33)(H,34,36). The number of nitrogens with one attached hydrogen (secondary N) is 2. The first-order chi connectivity index (χ1) is 17.8. The number of aromatic nitrogens is 2. The van der Waals surface area contributed by atoms with Crippen LogP contribution in [0.3, 0.4) is 0 Å². The van der Waals surface area contributed by atoms with Crippen LogP contribution in [0, 0.1) is 0 Å². The lowest BCUT2D eigenvalue weighted by molar-refractivity contribution is 0.102. The van der Waals surface area contributed by atoms with Crippen LogP contribution in [0.1, 0.15) is 68.4 Å². The summed E-state index contributed by atoms with van der Waals surface area (Å²) in [5.41, 5.74) is 3.54. The van der Waals surface area contributed by atoms with E-state index in [-0.39, 0.29) is 11.3 Å². The van der Waals surface area contributed by atoms with Crippen LogP contribution >= 0.6 is 0 Å². The van der Waals surface area contributed by atoms with E-state index in [2.05, 4.69) is 65.3 Å². The maximum absolute atomic E-state index is 13.0. The number of ether oxygens (including phenoxy) is 1. The molecular formula is C30H39N5O2. The number of nitrogens with zero attached hydrogens (tertiary/aromatic N) is 3. The number of hydrogen-bond acceptors (Lipinski definition) is 6. The molecule has 2 aromatic heterocycles. The normalized spacial score (nSPS) is 15.9. The first-order valence-corrected chi connectivity index (χ1v) is 13.3. The van der Waals surface area contributed by atoms with E-state index in [1.165, 1.54) is 24.9 Å². The molecule has 0 saturated carbocycles. The molecule has 2 N–H and O–H groups in total. The Bertz CT molecular complexity index is 1170. The molecule has 1 fully saturated rings. The highest BCUT2D eigenvalue weighted by Crippen LogP contribution is 2.24. The molecule has 1 unspecified atom stereocenters. The van der Waals surface area contributed by atoms with Crippen molar-refractivity contribution in [2.75, 3.05) is 30.3 Å². The zero-order chi connectivity index (χ0) is 26.3.